The molecule has 3 aromatic rings. The second kappa shape index (κ2) is 5.66. The Morgan fingerprint density at radius 3 is 3.09 bits per heavy atom. The van der Waals surface area contributed by atoms with E-state index in [0.29, 0.717) is 18.5 Å². The normalized spacial score (nSPS) is 18.1. The number of rotatable bonds is 4. The topological polar surface area (TPSA) is 77.9 Å². The number of H-pyrrole nitrogens is 1. The highest BCUT2D eigenvalue weighted by atomic mass is 16.5. The molecule has 1 fully saturated rings. The van der Waals surface area contributed by atoms with Gasteiger partial charge in [-0.05, 0) is 19.9 Å². The summed E-state index contributed by atoms with van der Waals surface area (Å²) >= 11 is 0. The number of aromatic nitrogens is 5. The van der Waals surface area contributed by atoms with Crippen LogP contribution in [-0.4, -0.2) is 44.3 Å². The Bertz CT molecular complexity index is 817. The van der Waals surface area contributed by atoms with Crippen LogP contribution in [0.5, 0.6) is 5.88 Å². The summed E-state index contributed by atoms with van der Waals surface area (Å²) in [6.45, 7) is 5.53. The highest BCUT2D eigenvalue weighted by Gasteiger charge is 2.22. The van der Waals surface area contributed by atoms with E-state index in [1.807, 2.05) is 23.1 Å². The van der Waals surface area contributed by atoms with Crippen LogP contribution in [0.4, 0.5) is 0 Å². The SMILES string of the molecule is CC(C)n1cc(-c2n[nH]c3ccnc(OC4CCOC4)c23)cn1. The monoisotopic (exact) mass is 313 g/mol. The van der Waals surface area contributed by atoms with Gasteiger partial charge in [-0.15, -0.1) is 0 Å². The van der Waals surface area contributed by atoms with E-state index in [2.05, 4.69) is 34.1 Å². The second-order valence-corrected chi connectivity index (χ2v) is 6.02. The number of nitrogens with zero attached hydrogens (tertiary/aromatic N) is 4. The fourth-order valence-electron chi connectivity index (χ4n) is 2.74. The highest BCUT2D eigenvalue weighted by molar-refractivity contribution is 5.96. The van der Waals surface area contributed by atoms with Crippen LogP contribution in [0.15, 0.2) is 24.7 Å². The molecule has 0 amide bonds. The van der Waals surface area contributed by atoms with Gasteiger partial charge in [0, 0.05) is 30.4 Å². The zero-order valence-corrected chi connectivity index (χ0v) is 13.2. The van der Waals surface area contributed by atoms with Crippen LogP contribution >= 0.6 is 0 Å². The van der Waals surface area contributed by atoms with Crippen molar-refractivity contribution in [3.05, 3.63) is 24.7 Å². The van der Waals surface area contributed by atoms with Gasteiger partial charge in [0.05, 0.1) is 30.3 Å². The largest absolute Gasteiger partial charge is 0.471 e. The minimum Gasteiger partial charge on any atom is -0.471 e. The summed E-state index contributed by atoms with van der Waals surface area (Å²) in [6.07, 6.45) is 6.49. The molecular weight excluding hydrogens is 294 g/mol. The number of hydrogen-bond donors (Lipinski definition) is 1. The summed E-state index contributed by atoms with van der Waals surface area (Å²) in [5, 5.41) is 12.8. The zero-order valence-electron chi connectivity index (χ0n) is 13.2. The molecule has 1 N–H and O–H groups in total. The molecule has 7 nitrogen and oxygen atoms in total. The van der Waals surface area contributed by atoms with E-state index < -0.39 is 0 Å². The van der Waals surface area contributed by atoms with Crippen molar-refractivity contribution in [1.29, 1.82) is 0 Å². The van der Waals surface area contributed by atoms with Crippen LogP contribution in [0.1, 0.15) is 26.3 Å². The molecule has 0 aromatic carbocycles. The van der Waals surface area contributed by atoms with Gasteiger partial charge in [0.25, 0.3) is 0 Å². The van der Waals surface area contributed by atoms with Crippen molar-refractivity contribution >= 4 is 10.9 Å². The van der Waals surface area contributed by atoms with E-state index in [1.54, 1.807) is 6.20 Å². The fourth-order valence-corrected chi connectivity index (χ4v) is 2.74. The van der Waals surface area contributed by atoms with E-state index in [0.717, 1.165) is 35.2 Å². The van der Waals surface area contributed by atoms with Gasteiger partial charge >= 0.3 is 0 Å². The maximum Gasteiger partial charge on any atom is 0.225 e. The summed E-state index contributed by atoms with van der Waals surface area (Å²) in [5.74, 6) is 0.596. The average molecular weight is 313 g/mol. The Hall–Kier alpha value is -2.41. The maximum atomic E-state index is 6.04. The summed E-state index contributed by atoms with van der Waals surface area (Å²) in [5.41, 5.74) is 2.67. The van der Waals surface area contributed by atoms with E-state index >= 15 is 0 Å². The molecule has 23 heavy (non-hydrogen) atoms. The lowest BCUT2D eigenvalue weighted by molar-refractivity contribution is 0.139. The van der Waals surface area contributed by atoms with Gasteiger partial charge in [0.15, 0.2) is 0 Å². The Morgan fingerprint density at radius 1 is 1.43 bits per heavy atom. The summed E-state index contributed by atoms with van der Waals surface area (Å²) in [7, 11) is 0. The number of nitrogens with one attached hydrogen (secondary N) is 1. The van der Waals surface area contributed by atoms with E-state index in [-0.39, 0.29) is 6.10 Å². The van der Waals surface area contributed by atoms with Crippen LogP contribution in [-0.2, 0) is 4.74 Å². The molecule has 1 aliphatic heterocycles. The van der Waals surface area contributed by atoms with Gasteiger partial charge in [-0.1, -0.05) is 0 Å². The molecule has 4 heterocycles. The number of aromatic amines is 1. The fraction of sp³-hybridized carbons (Fsp3) is 0.438. The molecule has 4 rings (SSSR count). The van der Waals surface area contributed by atoms with Crippen molar-refractivity contribution in [3.8, 4) is 17.1 Å². The van der Waals surface area contributed by atoms with Crippen molar-refractivity contribution in [3.63, 3.8) is 0 Å². The smallest absolute Gasteiger partial charge is 0.225 e. The minimum atomic E-state index is 0.0502. The summed E-state index contributed by atoms with van der Waals surface area (Å²) in [4.78, 5) is 4.41. The first-order valence-electron chi connectivity index (χ1n) is 7.84. The molecule has 1 unspecified atom stereocenters. The van der Waals surface area contributed by atoms with Gasteiger partial charge < -0.3 is 9.47 Å². The second-order valence-electron chi connectivity index (χ2n) is 6.02. The lowest BCUT2D eigenvalue weighted by Gasteiger charge is -2.11. The van der Waals surface area contributed by atoms with Gasteiger partial charge in [0.1, 0.15) is 11.8 Å². The molecule has 3 aromatic heterocycles. The van der Waals surface area contributed by atoms with Crippen molar-refractivity contribution in [2.24, 2.45) is 0 Å². The Morgan fingerprint density at radius 2 is 2.35 bits per heavy atom. The van der Waals surface area contributed by atoms with Crippen molar-refractivity contribution < 1.29 is 9.47 Å². The van der Waals surface area contributed by atoms with Crippen molar-refractivity contribution in [1.82, 2.24) is 25.0 Å². The lowest BCUT2D eigenvalue weighted by Crippen LogP contribution is -2.16. The van der Waals surface area contributed by atoms with Gasteiger partial charge in [-0.3, -0.25) is 9.78 Å². The van der Waals surface area contributed by atoms with Crippen LogP contribution in [0.25, 0.3) is 22.2 Å². The summed E-state index contributed by atoms with van der Waals surface area (Å²) < 4.78 is 13.3. The Balaban J connectivity index is 1.77. The predicted molar refractivity (Wildman–Crippen MR) is 85.3 cm³/mol. The Labute approximate surface area is 133 Å². The minimum absolute atomic E-state index is 0.0502. The molecule has 0 spiro atoms. The van der Waals surface area contributed by atoms with Crippen molar-refractivity contribution in [2.45, 2.75) is 32.4 Å². The first kappa shape index (κ1) is 14.2. The third-order valence-corrected chi connectivity index (χ3v) is 4.01. The van der Waals surface area contributed by atoms with Crippen LogP contribution < -0.4 is 4.74 Å². The molecule has 1 saturated heterocycles. The van der Waals surface area contributed by atoms with Crippen LogP contribution in [0, 0.1) is 0 Å². The summed E-state index contributed by atoms with van der Waals surface area (Å²) in [6, 6.07) is 2.20. The van der Waals surface area contributed by atoms with Crippen LogP contribution in [0.2, 0.25) is 0 Å². The van der Waals surface area contributed by atoms with Gasteiger partial charge in [-0.2, -0.15) is 10.2 Å². The quantitative estimate of drug-likeness (QED) is 0.801. The van der Waals surface area contributed by atoms with Crippen LogP contribution in [0.3, 0.4) is 0 Å². The number of ether oxygens (including phenoxy) is 2. The first-order chi connectivity index (χ1) is 11.2. The first-order valence-corrected chi connectivity index (χ1v) is 7.84. The molecule has 120 valence electrons. The molecule has 0 bridgehead atoms. The molecule has 0 saturated carbocycles. The molecule has 0 radical (unpaired) electrons. The number of hydrogen-bond acceptors (Lipinski definition) is 5. The standard InChI is InChI=1S/C16H19N5O2/c1-10(2)21-8-11(7-18-21)15-14-13(19-20-15)3-5-17-16(14)23-12-4-6-22-9-12/h3,5,7-8,10,12H,4,6,9H2,1-2H3,(H,19,20). The molecule has 0 aliphatic carbocycles. The number of pyridine rings is 1. The third-order valence-electron chi connectivity index (χ3n) is 4.01. The zero-order chi connectivity index (χ0) is 15.8. The lowest BCUT2D eigenvalue weighted by atomic mass is 10.1. The van der Waals surface area contributed by atoms with E-state index in [9.17, 15) is 0 Å². The number of fused-ring (bicyclic) bond motifs is 1. The van der Waals surface area contributed by atoms with E-state index in [4.69, 9.17) is 9.47 Å². The molecule has 7 heteroatoms. The third kappa shape index (κ3) is 2.57. The van der Waals surface area contributed by atoms with Gasteiger partial charge in [0.2, 0.25) is 5.88 Å². The molecule has 1 atom stereocenters. The van der Waals surface area contributed by atoms with Gasteiger partial charge in [-0.25, -0.2) is 4.98 Å². The predicted octanol–water partition coefficient (Wildman–Crippen LogP) is 2.57. The molecular formula is C16H19N5O2. The Kier molecular flexibility index (Phi) is 3.49. The average Bonchev–Trinajstić information content (AvgIpc) is 3.27. The van der Waals surface area contributed by atoms with E-state index in [1.165, 1.54) is 0 Å². The molecule has 1 aliphatic rings. The highest BCUT2D eigenvalue weighted by Crippen LogP contribution is 2.33. The maximum absolute atomic E-state index is 6.04. The van der Waals surface area contributed by atoms with Crippen molar-refractivity contribution in [2.75, 3.05) is 13.2 Å².